The van der Waals surface area contributed by atoms with E-state index < -0.39 is 18.2 Å². The van der Waals surface area contributed by atoms with E-state index in [0.29, 0.717) is 30.9 Å². The summed E-state index contributed by atoms with van der Waals surface area (Å²) in [5.74, 6) is -0.270. The number of nitrogens with zero attached hydrogens (tertiary/aromatic N) is 3. The monoisotopic (exact) mass is 413 g/mol. The van der Waals surface area contributed by atoms with Gasteiger partial charge >= 0.3 is 6.09 Å². The fourth-order valence-electron chi connectivity index (χ4n) is 4.03. The van der Waals surface area contributed by atoms with Crippen molar-refractivity contribution in [2.45, 2.75) is 44.4 Å². The third-order valence-corrected chi connectivity index (χ3v) is 6.25. The number of ketones is 1. The molecule has 7 nitrogen and oxygen atoms in total. The molecule has 1 aromatic heterocycles. The van der Waals surface area contributed by atoms with Crippen molar-refractivity contribution in [1.82, 2.24) is 14.8 Å². The standard InChI is InChI=1S/C21H23N3O4S/c25-18(19-22-10-13-29-19)16-8-4-11-23(16)20(26)17-9-5-12-24(17)21(27)28-14-15-6-2-1-3-7-15/h1-3,6-7,10,13,16-17H,4-5,8-9,11-12,14H2/t16-,17-/m0/s1. The maximum Gasteiger partial charge on any atom is 0.410 e. The van der Waals surface area contributed by atoms with Gasteiger partial charge in [-0.1, -0.05) is 30.3 Å². The van der Waals surface area contributed by atoms with E-state index in [-0.39, 0.29) is 18.3 Å². The van der Waals surface area contributed by atoms with Gasteiger partial charge in [-0.15, -0.1) is 11.3 Å². The Hall–Kier alpha value is -2.74. The summed E-state index contributed by atoms with van der Waals surface area (Å²) in [5.41, 5.74) is 0.900. The Labute approximate surface area is 173 Å². The number of thiazole rings is 1. The van der Waals surface area contributed by atoms with Crippen LogP contribution in [0.4, 0.5) is 4.79 Å². The van der Waals surface area contributed by atoms with Crippen LogP contribution in [0.15, 0.2) is 41.9 Å². The average Bonchev–Trinajstić information content (AvgIpc) is 3.52. The highest BCUT2D eigenvalue weighted by Crippen LogP contribution is 2.27. The molecule has 3 heterocycles. The minimum Gasteiger partial charge on any atom is -0.445 e. The summed E-state index contributed by atoms with van der Waals surface area (Å²) < 4.78 is 5.43. The van der Waals surface area contributed by atoms with Gasteiger partial charge in [-0.3, -0.25) is 14.5 Å². The highest BCUT2D eigenvalue weighted by atomic mass is 32.1. The molecule has 2 aromatic rings. The van der Waals surface area contributed by atoms with Gasteiger partial charge in [0.15, 0.2) is 5.01 Å². The molecule has 0 unspecified atom stereocenters. The zero-order chi connectivity index (χ0) is 20.2. The van der Waals surface area contributed by atoms with E-state index in [1.807, 2.05) is 30.3 Å². The van der Waals surface area contributed by atoms with Crippen LogP contribution < -0.4 is 0 Å². The molecule has 0 aliphatic carbocycles. The molecule has 8 heteroatoms. The van der Waals surface area contributed by atoms with Crippen LogP contribution in [0.2, 0.25) is 0 Å². The zero-order valence-corrected chi connectivity index (χ0v) is 16.8. The Kier molecular flexibility index (Phi) is 5.89. The lowest BCUT2D eigenvalue weighted by atomic mass is 10.1. The summed E-state index contributed by atoms with van der Waals surface area (Å²) in [7, 11) is 0. The first-order chi connectivity index (χ1) is 14.1. The highest BCUT2D eigenvalue weighted by molar-refractivity contribution is 7.11. The number of ether oxygens (including phenoxy) is 1. The Balaban J connectivity index is 1.41. The van der Waals surface area contributed by atoms with Crippen LogP contribution in [0, 0.1) is 0 Å². The first-order valence-electron chi connectivity index (χ1n) is 9.86. The molecule has 29 heavy (non-hydrogen) atoms. The molecule has 0 radical (unpaired) electrons. The third kappa shape index (κ3) is 4.17. The van der Waals surface area contributed by atoms with Crippen LogP contribution in [-0.4, -0.2) is 57.7 Å². The smallest absolute Gasteiger partial charge is 0.410 e. The number of carbonyl (C=O) groups is 3. The van der Waals surface area contributed by atoms with Crippen molar-refractivity contribution in [3.8, 4) is 0 Å². The van der Waals surface area contributed by atoms with Crippen LogP contribution in [0.25, 0.3) is 0 Å². The summed E-state index contributed by atoms with van der Waals surface area (Å²) in [4.78, 5) is 45.8. The second-order valence-electron chi connectivity index (χ2n) is 7.28. The summed E-state index contributed by atoms with van der Waals surface area (Å²) in [6.45, 7) is 1.19. The van der Waals surface area contributed by atoms with Gasteiger partial charge in [0.25, 0.3) is 0 Å². The number of Topliss-reactive ketones (excluding diaryl/α,β-unsaturated/α-hetero) is 1. The molecular formula is C21H23N3O4S. The molecule has 4 rings (SSSR count). The predicted molar refractivity (Wildman–Crippen MR) is 108 cm³/mol. The Morgan fingerprint density at radius 1 is 1.03 bits per heavy atom. The lowest BCUT2D eigenvalue weighted by molar-refractivity contribution is -0.135. The second kappa shape index (κ2) is 8.73. The molecule has 0 N–H and O–H groups in total. The lowest BCUT2D eigenvalue weighted by Crippen LogP contribution is -2.51. The van der Waals surface area contributed by atoms with E-state index >= 15 is 0 Å². The molecule has 0 bridgehead atoms. The molecule has 0 saturated carbocycles. The number of likely N-dealkylation sites (tertiary alicyclic amines) is 2. The topological polar surface area (TPSA) is 79.8 Å². The van der Waals surface area contributed by atoms with Gasteiger partial charge in [0.1, 0.15) is 12.6 Å². The first kappa shape index (κ1) is 19.6. The number of amides is 2. The minimum absolute atomic E-state index is 0.109. The van der Waals surface area contributed by atoms with E-state index in [0.717, 1.165) is 18.4 Å². The van der Waals surface area contributed by atoms with Gasteiger partial charge in [-0.25, -0.2) is 9.78 Å². The van der Waals surface area contributed by atoms with Gasteiger partial charge in [0.05, 0.1) is 6.04 Å². The third-order valence-electron chi connectivity index (χ3n) is 5.46. The fourth-order valence-corrected chi connectivity index (χ4v) is 4.65. The van der Waals surface area contributed by atoms with E-state index in [1.165, 1.54) is 16.2 Å². The van der Waals surface area contributed by atoms with Crippen molar-refractivity contribution in [2.24, 2.45) is 0 Å². The number of carbonyl (C=O) groups excluding carboxylic acids is 3. The van der Waals surface area contributed by atoms with Crippen LogP contribution in [0.1, 0.15) is 41.0 Å². The molecule has 2 aliphatic rings. The molecular weight excluding hydrogens is 390 g/mol. The number of hydrogen-bond donors (Lipinski definition) is 0. The second-order valence-corrected chi connectivity index (χ2v) is 8.18. The zero-order valence-electron chi connectivity index (χ0n) is 16.0. The Morgan fingerprint density at radius 2 is 1.76 bits per heavy atom. The molecule has 2 saturated heterocycles. The highest BCUT2D eigenvalue weighted by Gasteiger charge is 2.43. The molecule has 2 fully saturated rings. The Bertz CT molecular complexity index is 871. The Morgan fingerprint density at radius 3 is 2.48 bits per heavy atom. The van der Waals surface area contributed by atoms with E-state index in [9.17, 15) is 14.4 Å². The van der Waals surface area contributed by atoms with Crippen molar-refractivity contribution in [1.29, 1.82) is 0 Å². The van der Waals surface area contributed by atoms with Gasteiger partial charge < -0.3 is 9.64 Å². The minimum atomic E-state index is -0.567. The predicted octanol–water partition coefficient (Wildman–Crippen LogP) is 3.12. The molecule has 2 atom stereocenters. The van der Waals surface area contributed by atoms with Crippen LogP contribution in [0.5, 0.6) is 0 Å². The van der Waals surface area contributed by atoms with Gasteiger partial charge in [-0.05, 0) is 31.2 Å². The van der Waals surface area contributed by atoms with E-state index in [1.54, 1.807) is 16.5 Å². The van der Waals surface area contributed by atoms with E-state index in [4.69, 9.17) is 4.74 Å². The summed E-state index contributed by atoms with van der Waals surface area (Å²) in [6, 6.07) is 8.40. The fraction of sp³-hybridized carbons (Fsp3) is 0.429. The first-order valence-corrected chi connectivity index (χ1v) is 10.7. The van der Waals surface area contributed by atoms with Crippen molar-refractivity contribution >= 4 is 29.1 Å². The van der Waals surface area contributed by atoms with Crippen LogP contribution in [-0.2, 0) is 16.1 Å². The summed E-state index contributed by atoms with van der Waals surface area (Å²) in [5, 5.41) is 2.19. The van der Waals surface area contributed by atoms with Crippen molar-refractivity contribution in [3.05, 3.63) is 52.5 Å². The molecule has 1 aromatic carbocycles. The number of aromatic nitrogens is 1. The number of hydrogen-bond acceptors (Lipinski definition) is 6. The van der Waals surface area contributed by atoms with Crippen molar-refractivity contribution in [2.75, 3.05) is 13.1 Å². The molecule has 2 amide bonds. The molecule has 0 spiro atoms. The van der Waals surface area contributed by atoms with Crippen molar-refractivity contribution < 1.29 is 19.1 Å². The van der Waals surface area contributed by atoms with Crippen LogP contribution >= 0.6 is 11.3 Å². The van der Waals surface area contributed by atoms with Gasteiger partial charge in [0, 0.05) is 24.7 Å². The average molecular weight is 413 g/mol. The van der Waals surface area contributed by atoms with Gasteiger partial charge in [-0.2, -0.15) is 0 Å². The summed E-state index contributed by atoms with van der Waals surface area (Å²) >= 11 is 1.29. The molecule has 2 aliphatic heterocycles. The van der Waals surface area contributed by atoms with Gasteiger partial charge in [0.2, 0.25) is 11.7 Å². The quantitative estimate of drug-likeness (QED) is 0.704. The molecule has 152 valence electrons. The lowest BCUT2D eigenvalue weighted by Gasteiger charge is -2.30. The number of rotatable bonds is 5. The van der Waals surface area contributed by atoms with Crippen LogP contribution in [0.3, 0.4) is 0 Å². The maximum atomic E-state index is 13.2. The normalized spacial score (nSPS) is 21.4. The number of benzene rings is 1. The van der Waals surface area contributed by atoms with E-state index in [2.05, 4.69) is 4.98 Å². The largest absolute Gasteiger partial charge is 0.445 e. The summed E-state index contributed by atoms with van der Waals surface area (Å²) in [6.07, 6.45) is 3.87. The van der Waals surface area contributed by atoms with Crippen molar-refractivity contribution in [3.63, 3.8) is 0 Å². The SMILES string of the molecule is O=C(c1nccs1)[C@@H]1CCCN1C(=O)[C@@H]1CCCN1C(=O)OCc1ccccc1. The maximum absolute atomic E-state index is 13.2.